The number of hydrogen-bond acceptors (Lipinski definition) is 4. The molecular weight excluding hydrogens is 166 g/mol. The molecule has 13 heavy (non-hydrogen) atoms. The van der Waals surface area contributed by atoms with Gasteiger partial charge in [-0.25, -0.2) is 4.98 Å². The fourth-order valence-electron chi connectivity index (χ4n) is 1.39. The summed E-state index contributed by atoms with van der Waals surface area (Å²) in [5.41, 5.74) is 7.96. The number of fused-ring (bicyclic) bond motifs is 1. The van der Waals surface area contributed by atoms with Gasteiger partial charge in [0.15, 0.2) is 0 Å². The van der Waals surface area contributed by atoms with Crippen molar-refractivity contribution < 1.29 is 4.74 Å². The third-order valence-electron chi connectivity index (χ3n) is 2.08. The van der Waals surface area contributed by atoms with Crippen molar-refractivity contribution in [2.24, 2.45) is 0 Å². The van der Waals surface area contributed by atoms with Gasteiger partial charge in [-0.2, -0.15) is 5.26 Å². The Balaban J connectivity index is 2.52. The van der Waals surface area contributed by atoms with Crippen molar-refractivity contribution in [3.63, 3.8) is 0 Å². The van der Waals surface area contributed by atoms with E-state index in [1.807, 2.05) is 6.07 Å². The molecule has 66 valence electrons. The van der Waals surface area contributed by atoms with E-state index in [-0.39, 0.29) is 0 Å². The highest BCUT2D eigenvalue weighted by atomic mass is 16.5. The Labute approximate surface area is 76.0 Å². The number of nitriles is 1. The van der Waals surface area contributed by atoms with Gasteiger partial charge in [0.25, 0.3) is 0 Å². The molecule has 0 bridgehead atoms. The van der Waals surface area contributed by atoms with Crippen LogP contribution in [0.5, 0.6) is 0 Å². The van der Waals surface area contributed by atoms with Crippen molar-refractivity contribution in [1.82, 2.24) is 4.98 Å². The molecule has 0 fully saturated rings. The first-order valence-electron chi connectivity index (χ1n) is 4.07. The number of nitrogens with zero attached hydrogens (tertiary/aromatic N) is 2. The second-order valence-corrected chi connectivity index (χ2v) is 2.94. The SMILES string of the molecule is N#Cc1cc2c(nc1N)CCOC2. The second-order valence-electron chi connectivity index (χ2n) is 2.94. The number of nitrogens with two attached hydrogens (primary N) is 1. The number of ether oxygens (including phenoxy) is 1. The van der Waals surface area contributed by atoms with Crippen LogP contribution in [0.3, 0.4) is 0 Å². The summed E-state index contributed by atoms with van der Waals surface area (Å²) in [6.07, 6.45) is 0.783. The Bertz CT molecular complexity index is 381. The van der Waals surface area contributed by atoms with Crippen LogP contribution in [0.25, 0.3) is 0 Å². The van der Waals surface area contributed by atoms with Crippen LogP contribution in [0, 0.1) is 11.3 Å². The summed E-state index contributed by atoms with van der Waals surface area (Å²) in [6, 6.07) is 3.76. The molecule has 0 saturated carbocycles. The van der Waals surface area contributed by atoms with Crippen LogP contribution in [0.4, 0.5) is 5.82 Å². The van der Waals surface area contributed by atoms with Gasteiger partial charge in [-0.3, -0.25) is 0 Å². The van der Waals surface area contributed by atoms with Gasteiger partial charge in [-0.05, 0) is 6.07 Å². The smallest absolute Gasteiger partial charge is 0.141 e. The predicted octanol–water partition coefficient (Wildman–Crippen LogP) is 0.608. The summed E-state index contributed by atoms with van der Waals surface area (Å²) in [5.74, 6) is 0.322. The van der Waals surface area contributed by atoms with Gasteiger partial charge in [0.2, 0.25) is 0 Å². The van der Waals surface area contributed by atoms with Gasteiger partial charge in [-0.1, -0.05) is 0 Å². The molecule has 0 radical (unpaired) electrons. The van der Waals surface area contributed by atoms with Crippen molar-refractivity contribution in [2.75, 3.05) is 12.3 Å². The van der Waals surface area contributed by atoms with Crippen molar-refractivity contribution in [3.8, 4) is 6.07 Å². The van der Waals surface area contributed by atoms with Crippen molar-refractivity contribution in [3.05, 3.63) is 22.9 Å². The number of anilines is 1. The minimum absolute atomic E-state index is 0.322. The molecule has 2 N–H and O–H groups in total. The van der Waals surface area contributed by atoms with E-state index >= 15 is 0 Å². The van der Waals surface area contributed by atoms with E-state index in [9.17, 15) is 0 Å². The van der Waals surface area contributed by atoms with Crippen LogP contribution in [0.1, 0.15) is 16.8 Å². The third kappa shape index (κ3) is 1.34. The second kappa shape index (κ2) is 3.04. The first-order chi connectivity index (χ1) is 6.31. The van der Waals surface area contributed by atoms with E-state index in [0.717, 1.165) is 17.7 Å². The highest BCUT2D eigenvalue weighted by molar-refractivity contribution is 5.51. The number of rotatable bonds is 0. The standard InChI is InChI=1S/C9H9N3O/c10-4-6-3-7-5-13-2-1-8(7)12-9(6)11/h3H,1-2,5H2,(H2,11,12). The van der Waals surface area contributed by atoms with Crippen molar-refractivity contribution >= 4 is 5.82 Å². The van der Waals surface area contributed by atoms with Crippen LogP contribution in [0.2, 0.25) is 0 Å². The van der Waals surface area contributed by atoms with Crippen LogP contribution < -0.4 is 5.73 Å². The first kappa shape index (κ1) is 8.02. The van der Waals surface area contributed by atoms with E-state index in [2.05, 4.69) is 4.98 Å². The van der Waals surface area contributed by atoms with Gasteiger partial charge < -0.3 is 10.5 Å². The molecule has 0 spiro atoms. The maximum absolute atomic E-state index is 8.71. The van der Waals surface area contributed by atoms with Gasteiger partial charge in [0, 0.05) is 12.0 Å². The van der Waals surface area contributed by atoms with Gasteiger partial charge in [-0.15, -0.1) is 0 Å². The van der Waals surface area contributed by atoms with E-state index in [4.69, 9.17) is 15.7 Å². The maximum Gasteiger partial charge on any atom is 0.141 e. The van der Waals surface area contributed by atoms with Gasteiger partial charge in [0.05, 0.1) is 24.5 Å². The fraction of sp³-hybridized carbons (Fsp3) is 0.333. The average molecular weight is 175 g/mol. The Morgan fingerprint density at radius 3 is 3.23 bits per heavy atom. The first-order valence-corrected chi connectivity index (χ1v) is 4.07. The number of pyridine rings is 1. The molecule has 0 aliphatic carbocycles. The Hall–Kier alpha value is -1.60. The quantitative estimate of drug-likeness (QED) is 0.627. The molecule has 0 saturated heterocycles. The molecule has 0 unspecified atom stereocenters. The fourth-order valence-corrected chi connectivity index (χ4v) is 1.39. The lowest BCUT2D eigenvalue weighted by atomic mass is 10.1. The van der Waals surface area contributed by atoms with Gasteiger partial charge in [0.1, 0.15) is 11.9 Å². The summed E-state index contributed by atoms with van der Waals surface area (Å²) < 4.78 is 5.25. The number of nitrogen functional groups attached to an aromatic ring is 1. The molecule has 1 aromatic heterocycles. The molecular formula is C9H9N3O. The Kier molecular flexibility index (Phi) is 1.87. The Morgan fingerprint density at radius 1 is 1.62 bits per heavy atom. The highest BCUT2D eigenvalue weighted by Gasteiger charge is 2.13. The summed E-state index contributed by atoms with van der Waals surface area (Å²) in [6.45, 7) is 1.22. The van der Waals surface area contributed by atoms with Crippen LogP contribution in [0.15, 0.2) is 6.07 Å². The highest BCUT2D eigenvalue weighted by Crippen LogP contribution is 2.19. The zero-order valence-corrected chi connectivity index (χ0v) is 7.08. The molecule has 1 aromatic rings. The lowest BCUT2D eigenvalue weighted by Gasteiger charge is -2.15. The minimum Gasteiger partial charge on any atom is -0.383 e. The number of aromatic nitrogens is 1. The largest absolute Gasteiger partial charge is 0.383 e. The molecule has 1 aliphatic rings. The number of hydrogen-bond donors (Lipinski definition) is 1. The molecule has 0 aromatic carbocycles. The maximum atomic E-state index is 8.71. The molecule has 4 heteroatoms. The lowest BCUT2D eigenvalue weighted by Crippen LogP contribution is -2.13. The lowest BCUT2D eigenvalue weighted by molar-refractivity contribution is 0.109. The van der Waals surface area contributed by atoms with E-state index < -0.39 is 0 Å². The summed E-state index contributed by atoms with van der Waals surface area (Å²) in [7, 11) is 0. The monoisotopic (exact) mass is 175 g/mol. The van der Waals surface area contributed by atoms with Crippen LogP contribution >= 0.6 is 0 Å². The molecule has 4 nitrogen and oxygen atoms in total. The molecule has 0 amide bonds. The van der Waals surface area contributed by atoms with Crippen LogP contribution in [-0.4, -0.2) is 11.6 Å². The average Bonchev–Trinajstić information content (AvgIpc) is 2.17. The minimum atomic E-state index is 0.322. The van der Waals surface area contributed by atoms with E-state index in [1.165, 1.54) is 0 Å². The normalized spacial score (nSPS) is 14.7. The third-order valence-corrected chi connectivity index (χ3v) is 2.08. The summed E-state index contributed by atoms with van der Waals surface area (Å²) in [4.78, 5) is 4.16. The molecule has 1 aliphatic heterocycles. The molecule has 2 rings (SSSR count). The summed E-state index contributed by atoms with van der Waals surface area (Å²) in [5, 5.41) is 8.71. The van der Waals surface area contributed by atoms with E-state index in [1.54, 1.807) is 6.07 Å². The zero-order chi connectivity index (χ0) is 9.26. The molecule has 2 heterocycles. The molecule has 0 atom stereocenters. The van der Waals surface area contributed by atoms with Crippen molar-refractivity contribution in [2.45, 2.75) is 13.0 Å². The summed E-state index contributed by atoms with van der Waals surface area (Å²) >= 11 is 0. The topological polar surface area (TPSA) is 71.9 Å². The van der Waals surface area contributed by atoms with Gasteiger partial charge >= 0.3 is 0 Å². The predicted molar refractivity (Wildman–Crippen MR) is 46.7 cm³/mol. The van der Waals surface area contributed by atoms with Crippen molar-refractivity contribution in [1.29, 1.82) is 5.26 Å². The van der Waals surface area contributed by atoms with E-state index in [0.29, 0.717) is 24.6 Å². The van der Waals surface area contributed by atoms with Crippen LogP contribution in [-0.2, 0) is 17.8 Å². The Morgan fingerprint density at radius 2 is 2.46 bits per heavy atom. The zero-order valence-electron chi connectivity index (χ0n) is 7.08.